The lowest BCUT2D eigenvalue weighted by Gasteiger charge is -2.15. The second kappa shape index (κ2) is 6.57. The molecule has 1 aromatic carbocycles. The zero-order chi connectivity index (χ0) is 15.2. The van der Waals surface area contributed by atoms with Crippen molar-refractivity contribution in [1.82, 2.24) is 5.32 Å². The van der Waals surface area contributed by atoms with Gasteiger partial charge in [0.1, 0.15) is 23.7 Å². The number of benzene rings is 1. The van der Waals surface area contributed by atoms with Crippen LogP contribution in [0.5, 0.6) is 0 Å². The zero-order valence-electron chi connectivity index (χ0n) is 11.4. The van der Waals surface area contributed by atoms with E-state index in [4.69, 9.17) is 9.68 Å². The van der Waals surface area contributed by atoms with E-state index >= 15 is 0 Å². The average Bonchev–Trinajstić information content (AvgIpc) is 3.00. The lowest BCUT2D eigenvalue weighted by molar-refractivity contribution is -0.121. The van der Waals surface area contributed by atoms with Gasteiger partial charge in [0.2, 0.25) is 5.91 Å². The normalized spacial score (nSPS) is 11.5. The van der Waals surface area contributed by atoms with Gasteiger partial charge in [-0.15, -0.1) is 0 Å². The van der Waals surface area contributed by atoms with Gasteiger partial charge in [0.25, 0.3) is 0 Å². The van der Waals surface area contributed by atoms with Crippen molar-refractivity contribution >= 4 is 11.6 Å². The van der Waals surface area contributed by atoms with Crippen LogP contribution in [0.2, 0.25) is 0 Å². The van der Waals surface area contributed by atoms with E-state index in [1.807, 2.05) is 0 Å². The van der Waals surface area contributed by atoms with Crippen molar-refractivity contribution in [2.24, 2.45) is 0 Å². The molecular formula is C15H14FN3O2. The van der Waals surface area contributed by atoms with Gasteiger partial charge < -0.3 is 15.1 Å². The lowest BCUT2D eigenvalue weighted by Crippen LogP contribution is -2.37. The third kappa shape index (κ3) is 3.83. The molecular weight excluding hydrogens is 273 g/mol. The molecule has 6 heteroatoms. The number of nitrogens with zero attached hydrogens (tertiary/aromatic N) is 1. The molecule has 2 aromatic rings. The van der Waals surface area contributed by atoms with Crippen molar-refractivity contribution in [3.63, 3.8) is 0 Å². The number of nitrogens with one attached hydrogen (secondary N) is 2. The van der Waals surface area contributed by atoms with Crippen LogP contribution in [-0.4, -0.2) is 11.9 Å². The third-order valence-electron chi connectivity index (χ3n) is 2.88. The highest BCUT2D eigenvalue weighted by molar-refractivity contribution is 5.84. The van der Waals surface area contributed by atoms with Gasteiger partial charge in [0.15, 0.2) is 0 Å². The fraction of sp³-hybridized carbons (Fsp3) is 0.200. The molecule has 2 N–H and O–H groups in total. The smallest absolute Gasteiger partial charge is 0.242 e. The molecule has 0 aliphatic carbocycles. The number of carbonyl (C=O) groups excluding carboxylic acids is 1. The maximum Gasteiger partial charge on any atom is 0.242 e. The van der Waals surface area contributed by atoms with Crippen LogP contribution in [-0.2, 0) is 11.3 Å². The second-order valence-corrected chi connectivity index (χ2v) is 4.47. The Hall–Kier alpha value is -2.81. The van der Waals surface area contributed by atoms with Crippen LogP contribution in [0.1, 0.15) is 18.2 Å². The summed E-state index contributed by atoms with van der Waals surface area (Å²) < 4.78 is 18.3. The van der Waals surface area contributed by atoms with Crippen LogP contribution >= 0.6 is 0 Å². The fourth-order valence-electron chi connectivity index (χ4n) is 1.76. The molecule has 1 aromatic heterocycles. The Morgan fingerprint density at radius 3 is 2.95 bits per heavy atom. The molecule has 1 heterocycles. The van der Waals surface area contributed by atoms with E-state index in [2.05, 4.69) is 10.6 Å². The van der Waals surface area contributed by atoms with Gasteiger partial charge in [-0.1, -0.05) is 0 Å². The van der Waals surface area contributed by atoms with Gasteiger partial charge in [-0.05, 0) is 37.3 Å². The molecule has 0 radical (unpaired) electrons. The zero-order valence-corrected chi connectivity index (χ0v) is 11.4. The first-order valence-corrected chi connectivity index (χ1v) is 6.36. The number of hydrogen-bond acceptors (Lipinski definition) is 4. The van der Waals surface area contributed by atoms with E-state index in [-0.39, 0.29) is 11.5 Å². The summed E-state index contributed by atoms with van der Waals surface area (Å²) in [4.78, 5) is 11.9. The molecule has 108 valence electrons. The topological polar surface area (TPSA) is 78.1 Å². The van der Waals surface area contributed by atoms with Crippen LogP contribution in [0, 0.1) is 17.1 Å². The number of amides is 1. The first-order chi connectivity index (χ1) is 10.1. The molecule has 0 aliphatic heterocycles. The number of halogens is 1. The largest absolute Gasteiger partial charge is 0.467 e. The summed E-state index contributed by atoms with van der Waals surface area (Å²) in [5, 5.41) is 14.4. The quantitative estimate of drug-likeness (QED) is 0.885. The van der Waals surface area contributed by atoms with Gasteiger partial charge in [-0.25, -0.2) is 4.39 Å². The van der Waals surface area contributed by atoms with E-state index in [1.165, 1.54) is 24.5 Å². The van der Waals surface area contributed by atoms with Crippen LogP contribution < -0.4 is 10.6 Å². The monoisotopic (exact) mass is 287 g/mol. The van der Waals surface area contributed by atoms with Crippen molar-refractivity contribution in [3.05, 3.63) is 53.7 Å². The van der Waals surface area contributed by atoms with Crippen LogP contribution in [0.3, 0.4) is 0 Å². The minimum absolute atomic E-state index is 0.0665. The molecule has 1 atom stereocenters. The highest BCUT2D eigenvalue weighted by Gasteiger charge is 2.13. The Balaban J connectivity index is 1.93. The van der Waals surface area contributed by atoms with Crippen molar-refractivity contribution in [2.45, 2.75) is 19.5 Å². The van der Waals surface area contributed by atoms with Crippen LogP contribution in [0.25, 0.3) is 0 Å². The molecule has 1 amide bonds. The minimum atomic E-state index is -0.585. The predicted octanol–water partition coefficient (Wildman–Crippen LogP) is 2.41. The molecule has 0 saturated heterocycles. The highest BCUT2D eigenvalue weighted by atomic mass is 19.1. The van der Waals surface area contributed by atoms with E-state index in [0.717, 1.165) is 0 Å². The van der Waals surface area contributed by atoms with E-state index in [0.29, 0.717) is 18.0 Å². The van der Waals surface area contributed by atoms with Crippen molar-refractivity contribution in [1.29, 1.82) is 5.26 Å². The summed E-state index contributed by atoms with van der Waals surface area (Å²) in [5.41, 5.74) is 0.441. The van der Waals surface area contributed by atoms with Gasteiger partial charge >= 0.3 is 0 Å². The standard InChI is InChI=1S/C15H14FN3O2/c1-10(15(20)18-9-13-3-2-6-21-13)19-12-4-5-14(16)11(7-12)8-17/h2-7,10,19H,9H2,1H3,(H,18,20). The van der Waals surface area contributed by atoms with E-state index < -0.39 is 11.9 Å². The summed E-state index contributed by atoms with van der Waals surface area (Å²) in [6.07, 6.45) is 1.53. The number of furan rings is 1. The first-order valence-electron chi connectivity index (χ1n) is 6.36. The SMILES string of the molecule is CC(Nc1ccc(F)c(C#N)c1)C(=O)NCc1ccco1. The molecule has 0 spiro atoms. The summed E-state index contributed by atoms with van der Waals surface area (Å²) in [6.45, 7) is 1.97. The molecule has 2 rings (SSSR count). The molecule has 0 aliphatic rings. The van der Waals surface area contributed by atoms with Crippen LogP contribution in [0.4, 0.5) is 10.1 Å². The molecule has 21 heavy (non-hydrogen) atoms. The minimum Gasteiger partial charge on any atom is -0.467 e. The summed E-state index contributed by atoms with van der Waals surface area (Å²) in [5.74, 6) is -0.156. The van der Waals surface area contributed by atoms with Crippen molar-refractivity contribution in [3.8, 4) is 6.07 Å². The maximum absolute atomic E-state index is 13.2. The Kier molecular flexibility index (Phi) is 4.57. The number of rotatable bonds is 5. The van der Waals surface area contributed by atoms with E-state index in [9.17, 15) is 9.18 Å². The Morgan fingerprint density at radius 2 is 2.29 bits per heavy atom. The fourth-order valence-corrected chi connectivity index (χ4v) is 1.76. The molecule has 0 saturated carbocycles. The molecule has 0 bridgehead atoms. The van der Waals surface area contributed by atoms with Crippen LogP contribution in [0.15, 0.2) is 41.0 Å². The van der Waals surface area contributed by atoms with Gasteiger partial charge in [-0.3, -0.25) is 4.79 Å². The number of carbonyl (C=O) groups is 1. The molecule has 5 nitrogen and oxygen atoms in total. The molecule has 1 unspecified atom stereocenters. The summed E-state index contributed by atoms with van der Waals surface area (Å²) in [6, 6.07) is 8.76. The van der Waals surface area contributed by atoms with Gasteiger partial charge in [0.05, 0.1) is 18.4 Å². The third-order valence-corrected chi connectivity index (χ3v) is 2.88. The number of anilines is 1. The lowest BCUT2D eigenvalue weighted by atomic mass is 10.2. The maximum atomic E-state index is 13.2. The Labute approximate surface area is 121 Å². The number of hydrogen-bond donors (Lipinski definition) is 2. The van der Waals surface area contributed by atoms with Crippen molar-refractivity contribution < 1.29 is 13.6 Å². The summed E-state index contributed by atoms with van der Waals surface area (Å²) >= 11 is 0. The molecule has 0 fully saturated rings. The first kappa shape index (κ1) is 14.6. The van der Waals surface area contributed by atoms with Gasteiger partial charge in [-0.2, -0.15) is 5.26 Å². The second-order valence-electron chi connectivity index (χ2n) is 4.47. The van der Waals surface area contributed by atoms with E-state index in [1.54, 1.807) is 25.1 Å². The predicted molar refractivity (Wildman–Crippen MR) is 74.8 cm³/mol. The Morgan fingerprint density at radius 1 is 1.48 bits per heavy atom. The summed E-state index contributed by atoms with van der Waals surface area (Å²) in [7, 11) is 0. The average molecular weight is 287 g/mol. The highest BCUT2D eigenvalue weighted by Crippen LogP contribution is 2.14. The Bertz CT molecular complexity index is 662. The number of nitriles is 1. The van der Waals surface area contributed by atoms with Gasteiger partial charge in [0, 0.05) is 5.69 Å². The van der Waals surface area contributed by atoms with Crippen molar-refractivity contribution in [2.75, 3.05) is 5.32 Å².